The molecule has 2 aromatic rings. The maximum absolute atomic E-state index is 13.7. The Kier molecular flexibility index (Phi) is 6.97. The van der Waals surface area contributed by atoms with Gasteiger partial charge in [-0.1, -0.05) is 18.2 Å². The Balaban J connectivity index is 2.03. The fraction of sp³-hybridized carbons (Fsp3) is 0.350. The highest BCUT2D eigenvalue weighted by Gasteiger charge is 2.19. The zero-order valence-corrected chi connectivity index (χ0v) is 15.6. The molecule has 0 saturated carbocycles. The van der Waals surface area contributed by atoms with Crippen molar-refractivity contribution in [1.29, 1.82) is 0 Å². The van der Waals surface area contributed by atoms with E-state index in [0.29, 0.717) is 24.7 Å². The lowest BCUT2D eigenvalue weighted by molar-refractivity contribution is -0.120. The number of benzene rings is 2. The second-order valence-electron chi connectivity index (χ2n) is 5.98. The van der Waals surface area contributed by atoms with Crippen LogP contribution >= 0.6 is 0 Å². The molecule has 1 N–H and O–H groups in total. The molecule has 0 bridgehead atoms. The number of halogens is 1. The third-order valence-corrected chi connectivity index (χ3v) is 4.13. The summed E-state index contributed by atoms with van der Waals surface area (Å²) in [7, 11) is 3.43. The number of anilines is 1. The van der Waals surface area contributed by atoms with Gasteiger partial charge in [-0.2, -0.15) is 0 Å². The van der Waals surface area contributed by atoms with Crippen LogP contribution in [0.5, 0.6) is 11.5 Å². The minimum Gasteiger partial charge on any atom is -0.493 e. The van der Waals surface area contributed by atoms with E-state index in [1.54, 1.807) is 26.2 Å². The first-order chi connectivity index (χ1) is 12.5. The van der Waals surface area contributed by atoms with E-state index >= 15 is 0 Å². The number of carbonyl (C=O) groups excluding carboxylic acids is 1. The maximum atomic E-state index is 13.7. The second-order valence-corrected chi connectivity index (χ2v) is 5.98. The van der Waals surface area contributed by atoms with Crippen molar-refractivity contribution in [2.75, 3.05) is 26.1 Å². The lowest BCUT2D eigenvalue weighted by Gasteiger charge is -2.24. The predicted octanol–water partition coefficient (Wildman–Crippen LogP) is 3.69. The number of methoxy groups -OCH3 is 1. The van der Waals surface area contributed by atoms with Crippen LogP contribution in [0.3, 0.4) is 0 Å². The summed E-state index contributed by atoms with van der Waals surface area (Å²) in [5.41, 5.74) is 1.17. The first-order valence-electron chi connectivity index (χ1n) is 8.51. The van der Waals surface area contributed by atoms with Gasteiger partial charge in [-0.05, 0) is 50.7 Å². The molecule has 0 aliphatic heterocycles. The Bertz CT molecular complexity index is 752. The van der Waals surface area contributed by atoms with Gasteiger partial charge in [-0.25, -0.2) is 4.39 Å². The zero-order valence-electron chi connectivity index (χ0n) is 15.6. The monoisotopic (exact) mass is 360 g/mol. The number of likely N-dealkylation sites (N-methyl/N-ethyl adjacent to an activating group) is 1. The van der Waals surface area contributed by atoms with Gasteiger partial charge in [0.05, 0.1) is 25.4 Å². The molecule has 0 heterocycles. The third kappa shape index (κ3) is 4.95. The molecule has 0 aliphatic rings. The molecule has 2 rings (SSSR count). The summed E-state index contributed by atoms with van der Waals surface area (Å²) in [5, 5.41) is 2.62. The molecule has 6 heteroatoms. The van der Waals surface area contributed by atoms with Crippen LogP contribution in [0.2, 0.25) is 0 Å². The molecule has 5 nitrogen and oxygen atoms in total. The van der Waals surface area contributed by atoms with Gasteiger partial charge in [0.25, 0.3) is 0 Å². The lowest BCUT2D eigenvalue weighted by atomic mass is 10.1. The summed E-state index contributed by atoms with van der Waals surface area (Å²) in [6.45, 7) is 4.79. The molecular weight excluding hydrogens is 335 g/mol. The van der Waals surface area contributed by atoms with Crippen molar-refractivity contribution in [3.63, 3.8) is 0 Å². The molecule has 140 valence electrons. The van der Waals surface area contributed by atoms with Gasteiger partial charge >= 0.3 is 0 Å². The van der Waals surface area contributed by atoms with Gasteiger partial charge in [0, 0.05) is 6.54 Å². The highest BCUT2D eigenvalue weighted by Crippen LogP contribution is 2.28. The predicted molar refractivity (Wildman–Crippen MR) is 100 cm³/mol. The Hall–Kier alpha value is -2.60. The van der Waals surface area contributed by atoms with E-state index in [1.165, 1.54) is 12.1 Å². The van der Waals surface area contributed by atoms with Crippen LogP contribution in [0.25, 0.3) is 0 Å². The minimum atomic E-state index is -0.452. The van der Waals surface area contributed by atoms with E-state index in [-0.39, 0.29) is 11.6 Å². The Morgan fingerprint density at radius 1 is 1.23 bits per heavy atom. The van der Waals surface area contributed by atoms with E-state index in [2.05, 4.69) is 5.32 Å². The van der Waals surface area contributed by atoms with Gasteiger partial charge in [0.2, 0.25) is 5.91 Å². The first-order valence-corrected chi connectivity index (χ1v) is 8.51. The van der Waals surface area contributed by atoms with Crippen molar-refractivity contribution < 1.29 is 18.7 Å². The van der Waals surface area contributed by atoms with E-state index < -0.39 is 11.9 Å². The quantitative estimate of drug-likeness (QED) is 0.780. The molecule has 1 amide bonds. The number of hydrogen-bond acceptors (Lipinski definition) is 4. The van der Waals surface area contributed by atoms with Gasteiger partial charge in [-0.15, -0.1) is 0 Å². The van der Waals surface area contributed by atoms with Crippen LogP contribution in [0.1, 0.15) is 19.4 Å². The fourth-order valence-electron chi connectivity index (χ4n) is 2.51. The summed E-state index contributed by atoms with van der Waals surface area (Å²) in [6.07, 6.45) is 0. The van der Waals surface area contributed by atoms with Crippen LogP contribution < -0.4 is 14.8 Å². The number of rotatable bonds is 8. The van der Waals surface area contributed by atoms with Crippen molar-refractivity contribution in [2.45, 2.75) is 26.4 Å². The van der Waals surface area contributed by atoms with Crippen molar-refractivity contribution in [3.05, 3.63) is 53.8 Å². The van der Waals surface area contributed by atoms with Crippen LogP contribution in [0.4, 0.5) is 10.1 Å². The Morgan fingerprint density at radius 2 is 1.96 bits per heavy atom. The summed E-state index contributed by atoms with van der Waals surface area (Å²) < 4.78 is 24.6. The fourth-order valence-corrected chi connectivity index (χ4v) is 2.51. The van der Waals surface area contributed by atoms with Gasteiger partial charge in [0.1, 0.15) is 5.82 Å². The maximum Gasteiger partial charge on any atom is 0.241 e. The number of amides is 1. The second kappa shape index (κ2) is 9.20. The first kappa shape index (κ1) is 19.7. The van der Waals surface area contributed by atoms with Crippen molar-refractivity contribution in [3.8, 4) is 11.5 Å². The lowest BCUT2D eigenvalue weighted by Crippen LogP contribution is -2.39. The largest absolute Gasteiger partial charge is 0.493 e. The molecule has 2 aromatic carbocycles. The number of ether oxygens (including phenoxy) is 2. The molecule has 26 heavy (non-hydrogen) atoms. The molecule has 0 aromatic heterocycles. The molecule has 1 atom stereocenters. The average Bonchev–Trinajstić information content (AvgIpc) is 2.64. The van der Waals surface area contributed by atoms with Crippen molar-refractivity contribution >= 4 is 11.6 Å². The highest BCUT2D eigenvalue weighted by molar-refractivity contribution is 5.94. The molecule has 0 unspecified atom stereocenters. The van der Waals surface area contributed by atoms with E-state index in [9.17, 15) is 9.18 Å². The van der Waals surface area contributed by atoms with Gasteiger partial charge in [0.15, 0.2) is 11.5 Å². The molecule has 0 saturated heterocycles. The number of nitrogens with zero attached hydrogens (tertiary/aromatic N) is 1. The van der Waals surface area contributed by atoms with E-state index in [4.69, 9.17) is 9.47 Å². The molecule has 0 spiro atoms. The van der Waals surface area contributed by atoms with Crippen LogP contribution in [0.15, 0.2) is 42.5 Å². The van der Waals surface area contributed by atoms with Crippen molar-refractivity contribution in [1.82, 2.24) is 4.90 Å². The Morgan fingerprint density at radius 3 is 2.62 bits per heavy atom. The zero-order chi connectivity index (χ0) is 19.1. The minimum absolute atomic E-state index is 0.181. The van der Waals surface area contributed by atoms with Crippen LogP contribution in [-0.2, 0) is 11.3 Å². The van der Waals surface area contributed by atoms with Crippen LogP contribution in [0, 0.1) is 5.82 Å². The van der Waals surface area contributed by atoms with Gasteiger partial charge in [-0.3, -0.25) is 9.69 Å². The molecule has 0 aliphatic carbocycles. The molecule has 0 fully saturated rings. The normalized spacial score (nSPS) is 11.9. The van der Waals surface area contributed by atoms with Crippen molar-refractivity contribution in [2.24, 2.45) is 0 Å². The van der Waals surface area contributed by atoms with Gasteiger partial charge < -0.3 is 14.8 Å². The smallest absolute Gasteiger partial charge is 0.241 e. The summed E-state index contributed by atoms with van der Waals surface area (Å²) in [5.74, 6) is 0.621. The van der Waals surface area contributed by atoms with E-state index in [0.717, 1.165) is 5.56 Å². The third-order valence-electron chi connectivity index (χ3n) is 4.13. The molecule has 0 radical (unpaired) electrons. The Labute approximate surface area is 153 Å². The van der Waals surface area contributed by atoms with Crippen LogP contribution in [-0.4, -0.2) is 37.6 Å². The standard InChI is InChI=1S/C20H25FN2O3/c1-5-26-18-11-10-15(12-19(18)25-4)13-23(3)14(2)20(24)22-17-9-7-6-8-16(17)21/h6-12,14H,5,13H2,1-4H3,(H,22,24)/t14-/m0/s1. The summed E-state index contributed by atoms with van der Waals surface area (Å²) in [6, 6.07) is 11.4. The number of carbonyl (C=O) groups is 1. The highest BCUT2D eigenvalue weighted by atomic mass is 19.1. The van der Waals surface area contributed by atoms with E-state index in [1.807, 2.05) is 37.1 Å². The number of para-hydroxylation sites is 1. The number of hydrogen-bond donors (Lipinski definition) is 1. The SMILES string of the molecule is CCOc1ccc(CN(C)[C@@H](C)C(=O)Nc2ccccc2F)cc1OC. The molecular formula is C20H25FN2O3. The summed E-state index contributed by atoms with van der Waals surface area (Å²) in [4.78, 5) is 14.3. The number of nitrogens with one attached hydrogen (secondary N) is 1. The summed E-state index contributed by atoms with van der Waals surface area (Å²) >= 11 is 0. The topological polar surface area (TPSA) is 50.8 Å². The average molecular weight is 360 g/mol.